The van der Waals surface area contributed by atoms with Gasteiger partial charge < -0.3 is 9.47 Å². The van der Waals surface area contributed by atoms with E-state index in [0.29, 0.717) is 0 Å². The Hall–Kier alpha value is -0.340. The first-order valence-corrected chi connectivity index (χ1v) is 4.01. The fourth-order valence-electron chi connectivity index (χ4n) is 0.932. The summed E-state index contributed by atoms with van der Waals surface area (Å²) in [7, 11) is 3.34. The highest BCUT2D eigenvalue weighted by atomic mass is 16.7. The van der Waals surface area contributed by atoms with Crippen LogP contribution in [0.25, 0.3) is 0 Å². The Morgan fingerprint density at radius 1 is 1.27 bits per heavy atom. The van der Waals surface area contributed by atoms with Crippen LogP contribution in [-0.4, -0.2) is 20.5 Å². The van der Waals surface area contributed by atoms with Crippen LogP contribution in [-0.2, 0) is 9.47 Å². The summed E-state index contributed by atoms with van der Waals surface area (Å²) < 4.78 is 10.1. The highest BCUT2D eigenvalue weighted by Crippen LogP contribution is 2.06. The lowest BCUT2D eigenvalue weighted by atomic mass is 10.2. The van der Waals surface area contributed by atoms with Crippen LogP contribution < -0.4 is 0 Å². The monoisotopic (exact) mass is 158 g/mol. The maximum absolute atomic E-state index is 5.03. The number of ether oxygens (including phenoxy) is 2. The lowest BCUT2D eigenvalue weighted by Gasteiger charge is -2.11. The van der Waals surface area contributed by atoms with Crippen LogP contribution in [0.4, 0.5) is 0 Å². The van der Waals surface area contributed by atoms with Gasteiger partial charge in [0.2, 0.25) is 0 Å². The number of methoxy groups -OCH3 is 2. The van der Waals surface area contributed by atoms with Crippen molar-refractivity contribution in [3.8, 4) is 0 Å². The molecule has 0 rings (SSSR count). The van der Waals surface area contributed by atoms with Crippen molar-refractivity contribution in [2.75, 3.05) is 14.2 Å². The molecule has 0 aromatic heterocycles. The van der Waals surface area contributed by atoms with Gasteiger partial charge >= 0.3 is 0 Å². The summed E-state index contributed by atoms with van der Waals surface area (Å²) in [6.07, 6.45) is 6.28. The minimum atomic E-state index is -0.0279. The molecule has 2 nitrogen and oxygen atoms in total. The molecule has 0 aliphatic heterocycles. The van der Waals surface area contributed by atoms with E-state index in [1.165, 1.54) is 6.42 Å². The fraction of sp³-hybridized carbons (Fsp3) is 0.778. The third kappa shape index (κ3) is 6.07. The first-order chi connectivity index (χ1) is 5.35. The van der Waals surface area contributed by atoms with Crippen molar-refractivity contribution < 1.29 is 9.47 Å². The maximum atomic E-state index is 5.03. The SMILES string of the molecule is C=CCCCCC(OC)OC. The molecule has 11 heavy (non-hydrogen) atoms. The van der Waals surface area contributed by atoms with Crippen LogP contribution in [0.5, 0.6) is 0 Å². The van der Waals surface area contributed by atoms with Crippen LogP contribution in [0.1, 0.15) is 25.7 Å². The first kappa shape index (κ1) is 10.7. The molecular formula is C9H18O2. The van der Waals surface area contributed by atoms with Gasteiger partial charge in [-0.1, -0.05) is 6.08 Å². The molecule has 0 aliphatic carbocycles. The van der Waals surface area contributed by atoms with Gasteiger partial charge in [0.15, 0.2) is 6.29 Å². The molecule has 0 aromatic carbocycles. The Kier molecular flexibility index (Phi) is 7.52. The van der Waals surface area contributed by atoms with Crippen LogP contribution in [0.15, 0.2) is 12.7 Å². The summed E-state index contributed by atoms with van der Waals surface area (Å²) in [6.45, 7) is 3.66. The molecule has 0 spiro atoms. The Morgan fingerprint density at radius 2 is 1.91 bits per heavy atom. The molecule has 0 amide bonds. The van der Waals surface area contributed by atoms with E-state index in [1.807, 2.05) is 6.08 Å². The summed E-state index contributed by atoms with van der Waals surface area (Å²) in [6, 6.07) is 0. The minimum absolute atomic E-state index is 0.0279. The van der Waals surface area contributed by atoms with Gasteiger partial charge in [0, 0.05) is 14.2 Å². The molecule has 0 aliphatic rings. The van der Waals surface area contributed by atoms with E-state index in [9.17, 15) is 0 Å². The minimum Gasteiger partial charge on any atom is -0.356 e. The number of unbranched alkanes of at least 4 members (excludes halogenated alkanes) is 2. The molecule has 0 bridgehead atoms. The van der Waals surface area contributed by atoms with Gasteiger partial charge in [0.25, 0.3) is 0 Å². The summed E-state index contributed by atoms with van der Waals surface area (Å²) in [5.41, 5.74) is 0. The Bertz CT molecular complexity index is 87.6. The zero-order valence-corrected chi connectivity index (χ0v) is 7.51. The van der Waals surface area contributed by atoms with Crippen LogP contribution in [0, 0.1) is 0 Å². The van der Waals surface area contributed by atoms with Gasteiger partial charge in [-0.2, -0.15) is 0 Å². The van der Waals surface area contributed by atoms with Gasteiger partial charge in [-0.15, -0.1) is 6.58 Å². The molecule has 0 heterocycles. The van der Waals surface area contributed by atoms with Crippen molar-refractivity contribution in [2.45, 2.75) is 32.0 Å². The van der Waals surface area contributed by atoms with Gasteiger partial charge in [-0.05, 0) is 25.7 Å². The molecule has 0 saturated heterocycles. The summed E-state index contributed by atoms with van der Waals surface area (Å²) >= 11 is 0. The zero-order chi connectivity index (χ0) is 8.53. The second-order valence-electron chi connectivity index (χ2n) is 2.47. The molecule has 0 fully saturated rings. The Morgan fingerprint density at radius 3 is 2.36 bits per heavy atom. The standard InChI is InChI=1S/C9H18O2/c1-4-5-6-7-8-9(10-2)11-3/h4,9H,1,5-8H2,2-3H3. The summed E-state index contributed by atoms with van der Waals surface area (Å²) in [5.74, 6) is 0. The van der Waals surface area contributed by atoms with Crippen molar-refractivity contribution in [3.63, 3.8) is 0 Å². The maximum Gasteiger partial charge on any atom is 0.156 e. The molecular weight excluding hydrogens is 140 g/mol. The van der Waals surface area contributed by atoms with Crippen LogP contribution >= 0.6 is 0 Å². The van der Waals surface area contributed by atoms with Crippen LogP contribution in [0.3, 0.4) is 0 Å². The molecule has 0 saturated carbocycles. The van der Waals surface area contributed by atoms with Gasteiger partial charge in [-0.3, -0.25) is 0 Å². The average molecular weight is 158 g/mol. The Labute approximate surface area is 69.2 Å². The third-order valence-electron chi connectivity index (χ3n) is 1.62. The third-order valence-corrected chi connectivity index (χ3v) is 1.62. The Balaban J connectivity index is 3.13. The molecule has 2 heteroatoms. The average Bonchev–Trinajstić information content (AvgIpc) is 2.05. The van der Waals surface area contributed by atoms with Crippen molar-refractivity contribution >= 4 is 0 Å². The molecule has 0 unspecified atom stereocenters. The normalized spacial score (nSPS) is 10.5. The number of rotatable bonds is 7. The molecule has 0 N–H and O–H groups in total. The highest BCUT2D eigenvalue weighted by molar-refractivity contribution is 4.65. The molecule has 66 valence electrons. The van der Waals surface area contributed by atoms with E-state index in [1.54, 1.807) is 14.2 Å². The molecule has 0 atom stereocenters. The number of allylic oxidation sites excluding steroid dienone is 1. The van der Waals surface area contributed by atoms with Crippen molar-refractivity contribution in [2.24, 2.45) is 0 Å². The van der Waals surface area contributed by atoms with Crippen molar-refractivity contribution in [3.05, 3.63) is 12.7 Å². The second-order valence-corrected chi connectivity index (χ2v) is 2.47. The van der Waals surface area contributed by atoms with E-state index in [2.05, 4.69) is 6.58 Å². The quantitative estimate of drug-likeness (QED) is 0.321. The van der Waals surface area contributed by atoms with E-state index >= 15 is 0 Å². The first-order valence-electron chi connectivity index (χ1n) is 4.01. The predicted octanol–water partition coefficient (Wildman–Crippen LogP) is 2.35. The van der Waals surface area contributed by atoms with E-state index < -0.39 is 0 Å². The topological polar surface area (TPSA) is 18.5 Å². The lowest BCUT2D eigenvalue weighted by molar-refractivity contribution is -0.107. The van der Waals surface area contributed by atoms with Crippen LogP contribution in [0.2, 0.25) is 0 Å². The highest BCUT2D eigenvalue weighted by Gasteiger charge is 2.02. The van der Waals surface area contributed by atoms with E-state index in [4.69, 9.17) is 9.47 Å². The van der Waals surface area contributed by atoms with E-state index in [0.717, 1.165) is 19.3 Å². The summed E-state index contributed by atoms with van der Waals surface area (Å²) in [4.78, 5) is 0. The van der Waals surface area contributed by atoms with Crippen molar-refractivity contribution in [1.29, 1.82) is 0 Å². The predicted molar refractivity (Wildman–Crippen MR) is 46.5 cm³/mol. The summed E-state index contributed by atoms with van der Waals surface area (Å²) in [5, 5.41) is 0. The van der Waals surface area contributed by atoms with E-state index in [-0.39, 0.29) is 6.29 Å². The van der Waals surface area contributed by atoms with Gasteiger partial charge in [0.1, 0.15) is 0 Å². The van der Waals surface area contributed by atoms with Gasteiger partial charge in [0.05, 0.1) is 0 Å². The van der Waals surface area contributed by atoms with Gasteiger partial charge in [-0.25, -0.2) is 0 Å². The fourth-order valence-corrected chi connectivity index (χ4v) is 0.932. The largest absolute Gasteiger partial charge is 0.356 e. The number of hydrogen-bond acceptors (Lipinski definition) is 2. The number of hydrogen-bond donors (Lipinski definition) is 0. The molecule has 0 aromatic rings. The second kappa shape index (κ2) is 7.76. The zero-order valence-electron chi connectivity index (χ0n) is 7.51. The smallest absolute Gasteiger partial charge is 0.156 e. The van der Waals surface area contributed by atoms with Crippen molar-refractivity contribution in [1.82, 2.24) is 0 Å². The molecule has 0 radical (unpaired) electrons. The lowest BCUT2D eigenvalue weighted by Crippen LogP contribution is -2.12.